The molecule has 0 spiro atoms. The highest BCUT2D eigenvalue weighted by atomic mass is 32.2. The molecule has 2 aromatic rings. The smallest absolute Gasteiger partial charge is 0.243 e. The number of benzene rings is 1. The summed E-state index contributed by atoms with van der Waals surface area (Å²) in [5.74, 6) is 0.919. The Balaban J connectivity index is 1.50. The van der Waals surface area contributed by atoms with E-state index in [0.29, 0.717) is 43.4 Å². The summed E-state index contributed by atoms with van der Waals surface area (Å²) in [6.07, 6.45) is 5.14. The predicted molar refractivity (Wildman–Crippen MR) is 107 cm³/mol. The van der Waals surface area contributed by atoms with Gasteiger partial charge in [0.05, 0.1) is 12.0 Å². The van der Waals surface area contributed by atoms with Crippen molar-refractivity contribution in [2.45, 2.75) is 49.6 Å². The Morgan fingerprint density at radius 3 is 2.41 bits per heavy atom. The average Bonchev–Trinajstić information content (AvgIpc) is 3.53. The van der Waals surface area contributed by atoms with E-state index in [1.165, 1.54) is 28.8 Å². The number of aryl methyl sites for hydroxylation is 1. The lowest BCUT2D eigenvalue weighted by Crippen LogP contribution is -2.48. The number of halogens is 1. The van der Waals surface area contributed by atoms with Crippen LogP contribution in [-0.4, -0.2) is 55.0 Å². The number of ether oxygens (including phenoxy) is 1. The van der Waals surface area contributed by atoms with Crippen LogP contribution in [0.3, 0.4) is 0 Å². The molecule has 29 heavy (non-hydrogen) atoms. The molecule has 0 radical (unpaired) electrons. The maximum atomic E-state index is 13.4. The molecule has 0 unspecified atom stereocenters. The third-order valence-electron chi connectivity index (χ3n) is 5.61. The highest BCUT2D eigenvalue weighted by molar-refractivity contribution is 7.89. The molecule has 2 aliphatic rings. The molecule has 7 nitrogen and oxygen atoms in total. The van der Waals surface area contributed by atoms with E-state index in [4.69, 9.17) is 4.74 Å². The van der Waals surface area contributed by atoms with E-state index in [1.807, 2.05) is 6.07 Å². The summed E-state index contributed by atoms with van der Waals surface area (Å²) in [6, 6.07) is 6.30. The number of methoxy groups -OCH3 is 1. The van der Waals surface area contributed by atoms with Crippen LogP contribution in [0.25, 0.3) is 0 Å². The highest BCUT2D eigenvalue weighted by Gasteiger charge is 2.38. The fourth-order valence-corrected chi connectivity index (χ4v) is 5.69. The molecular formula is C20H25FN4O3S. The first-order valence-corrected chi connectivity index (χ1v) is 11.2. The average molecular weight is 421 g/mol. The van der Waals surface area contributed by atoms with Crippen LogP contribution in [0.1, 0.15) is 31.2 Å². The van der Waals surface area contributed by atoms with Crippen molar-refractivity contribution in [2.75, 3.05) is 25.1 Å². The summed E-state index contributed by atoms with van der Waals surface area (Å²) in [5.41, 5.74) is 0.430. The normalized spacial score (nSPS) is 18.6. The van der Waals surface area contributed by atoms with E-state index >= 15 is 0 Å². The molecule has 1 aliphatic carbocycles. The van der Waals surface area contributed by atoms with Crippen LogP contribution >= 0.6 is 0 Å². The van der Waals surface area contributed by atoms with Crippen molar-refractivity contribution in [1.29, 1.82) is 0 Å². The van der Waals surface area contributed by atoms with E-state index in [0.717, 1.165) is 18.7 Å². The van der Waals surface area contributed by atoms with Crippen LogP contribution < -0.4 is 9.64 Å². The summed E-state index contributed by atoms with van der Waals surface area (Å²) in [5, 5.41) is 0. The third-order valence-corrected chi connectivity index (χ3v) is 7.67. The Hall–Kier alpha value is -2.26. The second kappa shape index (κ2) is 7.87. The lowest BCUT2D eigenvalue weighted by atomic mass is 10.0. The molecule has 0 atom stereocenters. The van der Waals surface area contributed by atoms with Crippen LogP contribution in [0.5, 0.6) is 5.88 Å². The van der Waals surface area contributed by atoms with Crippen LogP contribution in [0, 0.1) is 12.7 Å². The minimum absolute atomic E-state index is 0.178. The second-order valence-corrected chi connectivity index (χ2v) is 9.51. The Labute approximate surface area is 170 Å². The Bertz CT molecular complexity index is 989. The zero-order chi connectivity index (χ0) is 20.6. The molecule has 2 fully saturated rings. The van der Waals surface area contributed by atoms with Crippen LogP contribution in [0.2, 0.25) is 0 Å². The number of piperidine rings is 1. The molecule has 1 saturated heterocycles. The van der Waals surface area contributed by atoms with Gasteiger partial charge in [-0.3, -0.25) is 0 Å². The maximum Gasteiger partial charge on any atom is 0.243 e. The largest absolute Gasteiger partial charge is 0.481 e. The first kappa shape index (κ1) is 20.0. The molecule has 0 amide bonds. The van der Waals surface area contributed by atoms with Gasteiger partial charge in [0.25, 0.3) is 0 Å². The molecular weight excluding hydrogens is 395 g/mol. The molecule has 1 saturated carbocycles. The van der Waals surface area contributed by atoms with Crippen molar-refractivity contribution in [1.82, 2.24) is 14.3 Å². The standard InChI is InChI=1S/C20H25FN4O3S/c1-14-11-15(21)3-6-18(14)29(26,27)24-9-7-17(8-10-24)25(16-4-5-16)19-12-20(28-2)23-13-22-19/h3,6,11-13,16-17H,4-5,7-10H2,1-2H3. The lowest BCUT2D eigenvalue weighted by Gasteiger charge is -2.39. The molecule has 156 valence electrons. The zero-order valence-corrected chi connectivity index (χ0v) is 17.4. The van der Waals surface area contributed by atoms with E-state index < -0.39 is 15.8 Å². The van der Waals surface area contributed by atoms with Gasteiger partial charge in [0.15, 0.2) is 0 Å². The number of aromatic nitrogens is 2. The third kappa shape index (κ3) is 4.06. The zero-order valence-electron chi connectivity index (χ0n) is 16.6. The summed E-state index contributed by atoms with van der Waals surface area (Å²) in [4.78, 5) is 11.0. The number of rotatable bonds is 6. The van der Waals surface area contributed by atoms with Crippen molar-refractivity contribution in [3.8, 4) is 5.88 Å². The fraction of sp³-hybridized carbons (Fsp3) is 0.500. The van der Waals surface area contributed by atoms with Crippen LogP contribution in [-0.2, 0) is 10.0 Å². The van der Waals surface area contributed by atoms with E-state index in [9.17, 15) is 12.8 Å². The molecule has 0 bridgehead atoms. The monoisotopic (exact) mass is 420 g/mol. The van der Waals surface area contributed by atoms with Gasteiger partial charge >= 0.3 is 0 Å². The van der Waals surface area contributed by atoms with Gasteiger partial charge < -0.3 is 9.64 Å². The van der Waals surface area contributed by atoms with E-state index in [-0.39, 0.29) is 10.9 Å². The molecule has 9 heteroatoms. The van der Waals surface area contributed by atoms with Gasteiger partial charge in [-0.15, -0.1) is 0 Å². The molecule has 1 aliphatic heterocycles. The molecule has 2 heterocycles. The maximum absolute atomic E-state index is 13.4. The van der Waals surface area contributed by atoms with Crippen molar-refractivity contribution in [3.63, 3.8) is 0 Å². The minimum Gasteiger partial charge on any atom is -0.481 e. The SMILES string of the molecule is COc1cc(N(C2CC2)C2CCN(S(=O)(=O)c3ccc(F)cc3C)CC2)ncn1. The Kier molecular flexibility index (Phi) is 5.44. The Morgan fingerprint density at radius 1 is 1.10 bits per heavy atom. The highest BCUT2D eigenvalue weighted by Crippen LogP contribution is 2.36. The number of sulfonamides is 1. The molecule has 0 N–H and O–H groups in total. The first-order chi connectivity index (χ1) is 13.9. The number of hydrogen-bond donors (Lipinski definition) is 0. The predicted octanol–water partition coefficient (Wildman–Crippen LogP) is 2.75. The number of hydrogen-bond acceptors (Lipinski definition) is 6. The summed E-state index contributed by atoms with van der Waals surface area (Å²) in [7, 11) is -2.06. The molecule has 1 aromatic heterocycles. The van der Waals surface area contributed by atoms with Crippen molar-refractivity contribution < 1.29 is 17.5 Å². The van der Waals surface area contributed by atoms with Crippen molar-refractivity contribution >= 4 is 15.8 Å². The van der Waals surface area contributed by atoms with Gasteiger partial charge in [0.1, 0.15) is 18.0 Å². The number of nitrogens with zero attached hydrogens (tertiary/aromatic N) is 4. The van der Waals surface area contributed by atoms with Gasteiger partial charge in [0.2, 0.25) is 15.9 Å². The van der Waals surface area contributed by atoms with Crippen LogP contribution in [0.4, 0.5) is 10.2 Å². The fourth-order valence-electron chi connectivity index (χ4n) is 4.01. The van der Waals surface area contributed by atoms with Gasteiger partial charge in [-0.1, -0.05) is 0 Å². The quantitative estimate of drug-likeness (QED) is 0.715. The minimum atomic E-state index is -3.64. The topological polar surface area (TPSA) is 75.6 Å². The molecule has 4 rings (SSSR count). The van der Waals surface area contributed by atoms with E-state index in [2.05, 4.69) is 14.9 Å². The van der Waals surface area contributed by atoms with Crippen molar-refractivity contribution in [3.05, 3.63) is 42.0 Å². The van der Waals surface area contributed by atoms with Gasteiger partial charge in [0, 0.05) is 31.2 Å². The van der Waals surface area contributed by atoms with Gasteiger partial charge in [-0.25, -0.2) is 22.8 Å². The summed E-state index contributed by atoms with van der Waals surface area (Å²) < 4.78 is 46.2. The molecule has 1 aromatic carbocycles. The van der Waals surface area contributed by atoms with Crippen molar-refractivity contribution in [2.24, 2.45) is 0 Å². The van der Waals surface area contributed by atoms with Gasteiger partial charge in [-0.2, -0.15) is 4.31 Å². The second-order valence-electron chi connectivity index (χ2n) is 7.60. The van der Waals surface area contributed by atoms with E-state index in [1.54, 1.807) is 14.0 Å². The number of anilines is 1. The first-order valence-electron chi connectivity index (χ1n) is 9.81. The lowest BCUT2D eigenvalue weighted by molar-refractivity contribution is 0.307. The van der Waals surface area contributed by atoms with Crippen LogP contribution in [0.15, 0.2) is 35.5 Å². The van der Waals surface area contributed by atoms with Gasteiger partial charge in [-0.05, 0) is 56.4 Å². The summed E-state index contributed by atoms with van der Waals surface area (Å²) >= 11 is 0. The Morgan fingerprint density at radius 2 is 1.79 bits per heavy atom. The summed E-state index contributed by atoms with van der Waals surface area (Å²) in [6.45, 7) is 2.48.